The van der Waals surface area contributed by atoms with Crippen LogP contribution in [0.1, 0.15) is 51.4 Å². The van der Waals surface area contributed by atoms with Gasteiger partial charge in [-0.15, -0.1) is 0 Å². The molecular formula is C13H23N3O2. The molecule has 2 heterocycles. The molecule has 102 valence electrons. The zero-order chi connectivity index (χ0) is 13.1. The Hall–Kier alpha value is -0.940. The molecule has 1 aromatic rings. The number of rotatable bonds is 5. The molecule has 5 heteroatoms. The number of nitrogens with zero attached hydrogens (tertiary/aromatic N) is 2. The Morgan fingerprint density at radius 3 is 2.78 bits per heavy atom. The summed E-state index contributed by atoms with van der Waals surface area (Å²) in [5.41, 5.74) is 0. The first-order chi connectivity index (χ1) is 8.63. The molecule has 1 fully saturated rings. The zero-order valence-corrected chi connectivity index (χ0v) is 11.6. The van der Waals surface area contributed by atoms with Crippen LogP contribution in [0.15, 0.2) is 4.52 Å². The van der Waals surface area contributed by atoms with Crippen LogP contribution in [0.2, 0.25) is 0 Å². The van der Waals surface area contributed by atoms with Crippen molar-refractivity contribution in [2.24, 2.45) is 11.8 Å². The molecule has 0 bridgehead atoms. The molecule has 0 radical (unpaired) electrons. The summed E-state index contributed by atoms with van der Waals surface area (Å²) in [6.45, 7) is 11.0. The van der Waals surface area contributed by atoms with Crippen LogP contribution in [0.25, 0.3) is 0 Å². The highest BCUT2D eigenvalue weighted by Gasteiger charge is 2.31. The van der Waals surface area contributed by atoms with Crippen molar-refractivity contribution in [1.82, 2.24) is 15.5 Å². The monoisotopic (exact) mass is 253 g/mol. The van der Waals surface area contributed by atoms with Gasteiger partial charge < -0.3 is 14.6 Å². The summed E-state index contributed by atoms with van der Waals surface area (Å²) in [5, 5.41) is 7.44. The Kier molecular flexibility index (Phi) is 4.35. The van der Waals surface area contributed by atoms with Crippen molar-refractivity contribution in [2.45, 2.75) is 39.7 Å². The van der Waals surface area contributed by atoms with Gasteiger partial charge >= 0.3 is 0 Å². The predicted octanol–water partition coefficient (Wildman–Crippen LogP) is 2.13. The van der Waals surface area contributed by atoms with Gasteiger partial charge in [-0.2, -0.15) is 4.98 Å². The molecule has 1 unspecified atom stereocenters. The lowest BCUT2D eigenvalue weighted by Gasteiger charge is -2.16. The number of nitrogens with one attached hydrogen (secondary N) is 1. The topological polar surface area (TPSA) is 60.2 Å². The molecule has 18 heavy (non-hydrogen) atoms. The maximum atomic E-state index is 5.69. The molecule has 2 rings (SSSR count). The van der Waals surface area contributed by atoms with E-state index in [2.05, 4.69) is 36.2 Å². The van der Waals surface area contributed by atoms with Crippen molar-refractivity contribution < 1.29 is 9.26 Å². The fourth-order valence-electron chi connectivity index (χ4n) is 2.40. The molecule has 1 aromatic heterocycles. The third-order valence-electron chi connectivity index (χ3n) is 3.50. The van der Waals surface area contributed by atoms with E-state index >= 15 is 0 Å². The van der Waals surface area contributed by atoms with Crippen LogP contribution < -0.4 is 5.32 Å². The number of hydrogen-bond acceptors (Lipinski definition) is 5. The van der Waals surface area contributed by atoms with Gasteiger partial charge in [-0.25, -0.2) is 0 Å². The van der Waals surface area contributed by atoms with Gasteiger partial charge in [-0.3, -0.25) is 0 Å². The van der Waals surface area contributed by atoms with Gasteiger partial charge in [0.2, 0.25) is 11.7 Å². The van der Waals surface area contributed by atoms with E-state index in [4.69, 9.17) is 9.26 Å². The minimum Gasteiger partial charge on any atom is -0.370 e. The highest BCUT2D eigenvalue weighted by Crippen LogP contribution is 2.29. The van der Waals surface area contributed by atoms with E-state index in [1.807, 2.05) is 6.92 Å². The van der Waals surface area contributed by atoms with Gasteiger partial charge in [0.25, 0.3) is 0 Å². The summed E-state index contributed by atoms with van der Waals surface area (Å²) in [6.07, 6.45) is -0.0721. The van der Waals surface area contributed by atoms with E-state index in [0.29, 0.717) is 30.2 Å². The lowest BCUT2D eigenvalue weighted by molar-refractivity contribution is 0.0217. The van der Waals surface area contributed by atoms with Crippen LogP contribution in [0, 0.1) is 11.8 Å². The number of ether oxygens (including phenoxy) is 1. The summed E-state index contributed by atoms with van der Waals surface area (Å²) < 4.78 is 11.1. The molecule has 0 aliphatic carbocycles. The highest BCUT2D eigenvalue weighted by atomic mass is 16.5. The molecule has 1 aliphatic heterocycles. The second-order valence-electron chi connectivity index (χ2n) is 5.35. The zero-order valence-electron chi connectivity index (χ0n) is 11.6. The quantitative estimate of drug-likeness (QED) is 0.871. The first-order valence-electron chi connectivity index (χ1n) is 6.79. The number of aromatic nitrogens is 2. The fourth-order valence-corrected chi connectivity index (χ4v) is 2.40. The van der Waals surface area contributed by atoms with Crippen molar-refractivity contribution >= 4 is 0 Å². The molecule has 1 aliphatic rings. The van der Waals surface area contributed by atoms with Gasteiger partial charge in [0.05, 0.1) is 5.92 Å². The Balaban J connectivity index is 2.13. The Labute approximate surface area is 108 Å². The molecule has 3 atom stereocenters. The molecule has 0 aromatic carbocycles. The first kappa shape index (κ1) is 13.5. The molecule has 0 saturated carbocycles. The summed E-state index contributed by atoms with van der Waals surface area (Å²) in [7, 11) is 0. The van der Waals surface area contributed by atoms with Crippen LogP contribution in [0.3, 0.4) is 0 Å². The Morgan fingerprint density at radius 1 is 1.44 bits per heavy atom. The molecule has 1 N–H and O–H groups in total. The first-order valence-corrected chi connectivity index (χ1v) is 6.79. The van der Waals surface area contributed by atoms with E-state index in [-0.39, 0.29) is 6.10 Å². The van der Waals surface area contributed by atoms with Gasteiger partial charge in [-0.05, 0) is 25.3 Å². The average molecular weight is 253 g/mol. The smallest absolute Gasteiger partial charge is 0.231 e. The highest BCUT2D eigenvalue weighted by molar-refractivity contribution is 5.02. The van der Waals surface area contributed by atoms with Crippen molar-refractivity contribution in [3.05, 3.63) is 11.7 Å². The molecule has 5 nitrogen and oxygen atoms in total. The Morgan fingerprint density at radius 2 is 2.22 bits per heavy atom. The van der Waals surface area contributed by atoms with Crippen LogP contribution in [-0.4, -0.2) is 29.8 Å². The summed E-state index contributed by atoms with van der Waals surface area (Å²) >= 11 is 0. The van der Waals surface area contributed by atoms with Gasteiger partial charge in [-0.1, -0.05) is 25.9 Å². The van der Waals surface area contributed by atoms with E-state index in [0.717, 1.165) is 19.0 Å². The van der Waals surface area contributed by atoms with Gasteiger partial charge in [0, 0.05) is 13.2 Å². The predicted molar refractivity (Wildman–Crippen MR) is 68.3 cm³/mol. The summed E-state index contributed by atoms with van der Waals surface area (Å²) in [5.74, 6) is 2.65. The number of hydrogen-bond donors (Lipinski definition) is 1. The SMILES string of the molecule is CCOC(c1noc([C@@H]2CNC[C@H]2C)n1)C(C)C. The van der Waals surface area contributed by atoms with Crippen LogP contribution in [0.5, 0.6) is 0 Å². The van der Waals surface area contributed by atoms with Gasteiger partial charge in [0.1, 0.15) is 6.10 Å². The van der Waals surface area contributed by atoms with E-state index in [1.165, 1.54) is 0 Å². The normalized spacial score (nSPS) is 25.8. The van der Waals surface area contributed by atoms with Crippen molar-refractivity contribution in [3.63, 3.8) is 0 Å². The van der Waals surface area contributed by atoms with Crippen molar-refractivity contribution in [2.75, 3.05) is 19.7 Å². The molecule has 1 saturated heterocycles. The van der Waals surface area contributed by atoms with Crippen LogP contribution in [0.4, 0.5) is 0 Å². The van der Waals surface area contributed by atoms with Gasteiger partial charge in [0.15, 0.2) is 0 Å². The minimum absolute atomic E-state index is 0.0721. The van der Waals surface area contributed by atoms with Crippen LogP contribution in [-0.2, 0) is 4.74 Å². The molecule has 0 amide bonds. The fraction of sp³-hybridized carbons (Fsp3) is 0.846. The average Bonchev–Trinajstić information content (AvgIpc) is 2.93. The largest absolute Gasteiger partial charge is 0.370 e. The van der Waals surface area contributed by atoms with Crippen LogP contribution >= 0.6 is 0 Å². The van der Waals surface area contributed by atoms with E-state index in [9.17, 15) is 0 Å². The maximum absolute atomic E-state index is 5.69. The molecule has 0 spiro atoms. The maximum Gasteiger partial charge on any atom is 0.231 e. The minimum atomic E-state index is -0.0721. The van der Waals surface area contributed by atoms with E-state index < -0.39 is 0 Å². The third-order valence-corrected chi connectivity index (χ3v) is 3.50. The standard InChI is InChI=1S/C13H23N3O2/c1-5-17-11(8(2)3)12-15-13(18-16-12)10-7-14-6-9(10)4/h8-11,14H,5-7H2,1-4H3/t9-,10-,11?/m1/s1. The van der Waals surface area contributed by atoms with Crippen molar-refractivity contribution in [3.8, 4) is 0 Å². The second-order valence-corrected chi connectivity index (χ2v) is 5.35. The van der Waals surface area contributed by atoms with E-state index in [1.54, 1.807) is 0 Å². The molecular weight excluding hydrogens is 230 g/mol. The second kappa shape index (κ2) is 5.80. The van der Waals surface area contributed by atoms with Crippen molar-refractivity contribution in [1.29, 1.82) is 0 Å². The lowest BCUT2D eigenvalue weighted by Crippen LogP contribution is -2.13. The summed E-state index contributed by atoms with van der Waals surface area (Å²) in [4.78, 5) is 4.54. The Bertz CT molecular complexity index is 378. The summed E-state index contributed by atoms with van der Waals surface area (Å²) in [6, 6.07) is 0. The third kappa shape index (κ3) is 2.72. The lowest BCUT2D eigenvalue weighted by atomic mass is 9.98.